The van der Waals surface area contributed by atoms with Gasteiger partial charge in [-0.05, 0) is 24.0 Å². The lowest BCUT2D eigenvalue weighted by molar-refractivity contribution is -0.384. The lowest BCUT2D eigenvalue weighted by Crippen LogP contribution is -2.22. The van der Waals surface area contributed by atoms with Gasteiger partial charge in [0, 0.05) is 24.7 Å². The van der Waals surface area contributed by atoms with E-state index < -0.39 is 4.92 Å². The molecule has 0 saturated carbocycles. The highest BCUT2D eigenvalue weighted by atomic mass is 32.2. The fourth-order valence-corrected chi connectivity index (χ4v) is 3.17. The van der Waals surface area contributed by atoms with Crippen molar-refractivity contribution in [2.75, 3.05) is 37.2 Å². The number of aliphatic imine (C=N–C) groups is 1. The molecule has 2 heterocycles. The number of rotatable bonds is 8. The fraction of sp³-hybridized carbons (Fsp3) is 0.278. The summed E-state index contributed by atoms with van der Waals surface area (Å²) in [6.45, 7) is 1.42. The zero-order valence-corrected chi connectivity index (χ0v) is 16.4. The van der Waals surface area contributed by atoms with Crippen molar-refractivity contribution >= 4 is 34.9 Å². The largest absolute Gasteiger partial charge is 0.361 e. The van der Waals surface area contributed by atoms with Gasteiger partial charge in [-0.1, -0.05) is 18.2 Å². The topological polar surface area (TPSA) is 109 Å². The minimum absolute atomic E-state index is 0.163. The number of benzene rings is 1. The van der Waals surface area contributed by atoms with Gasteiger partial charge < -0.3 is 15.5 Å². The maximum atomic E-state index is 11.3. The SMILES string of the molecule is CSc1ccccc1CNc1ncc([N+](=O)[O-])c(NCC2=NCN(C)C=C2)n1. The maximum Gasteiger partial charge on any atom is 0.329 e. The van der Waals surface area contributed by atoms with Crippen LogP contribution in [0.3, 0.4) is 0 Å². The van der Waals surface area contributed by atoms with E-state index in [1.165, 1.54) is 6.20 Å². The average molecular weight is 399 g/mol. The van der Waals surface area contributed by atoms with E-state index in [1.807, 2.05) is 54.7 Å². The lowest BCUT2D eigenvalue weighted by atomic mass is 10.2. The Hall–Kier alpha value is -3.14. The standard InChI is InChI=1S/C18H21N7O2S/c1-24-8-7-14(22-12-24)10-19-17-15(25(26)27)11-21-18(23-17)20-9-13-5-3-4-6-16(13)28-2/h3-8,11H,9-10,12H2,1-2H3,(H2,19,20,21,23). The molecule has 28 heavy (non-hydrogen) atoms. The third kappa shape index (κ3) is 4.97. The van der Waals surface area contributed by atoms with E-state index in [-0.39, 0.29) is 11.5 Å². The Bertz CT molecular complexity index is 917. The summed E-state index contributed by atoms with van der Waals surface area (Å²) in [6.07, 6.45) is 7.00. The Kier molecular flexibility index (Phi) is 6.43. The molecule has 2 N–H and O–H groups in total. The van der Waals surface area contributed by atoms with E-state index in [1.54, 1.807) is 11.8 Å². The van der Waals surface area contributed by atoms with Crippen LogP contribution < -0.4 is 10.6 Å². The second-order valence-corrected chi connectivity index (χ2v) is 6.92. The summed E-state index contributed by atoms with van der Waals surface area (Å²) < 4.78 is 0. The normalized spacial score (nSPS) is 13.2. The van der Waals surface area contributed by atoms with Gasteiger partial charge in [-0.25, -0.2) is 4.98 Å². The Balaban J connectivity index is 1.72. The molecule has 0 radical (unpaired) electrons. The molecule has 0 spiro atoms. The summed E-state index contributed by atoms with van der Waals surface area (Å²) in [5.74, 6) is 0.487. The van der Waals surface area contributed by atoms with Crippen LogP contribution in [0.25, 0.3) is 0 Å². The number of thioether (sulfide) groups is 1. The highest BCUT2D eigenvalue weighted by Crippen LogP contribution is 2.23. The molecule has 146 valence electrons. The number of aromatic nitrogens is 2. The van der Waals surface area contributed by atoms with Crippen molar-refractivity contribution in [2.24, 2.45) is 4.99 Å². The smallest absolute Gasteiger partial charge is 0.329 e. The summed E-state index contributed by atoms with van der Waals surface area (Å²) >= 11 is 1.66. The van der Waals surface area contributed by atoms with Crippen molar-refractivity contribution in [2.45, 2.75) is 11.4 Å². The van der Waals surface area contributed by atoms with Crippen LogP contribution in [0.15, 0.2) is 52.6 Å². The third-order valence-electron chi connectivity index (χ3n) is 4.05. The van der Waals surface area contributed by atoms with Crippen LogP contribution >= 0.6 is 11.8 Å². The molecule has 9 nitrogen and oxygen atoms in total. The highest BCUT2D eigenvalue weighted by Gasteiger charge is 2.18. The monoisotopic (exact) mass is 399 g/mol. The molecule has 2 aromatic rings. The molecule has 0 aliphatic carbocycles. The van der Waals surface area contributed by atoms with Crippen LogP contribution in [0.4, 0.5) is 17.5 Å². The van der Waals surface area contributed by atoms with Gasteiger partial charge in [0.2, 0.25) is 11.8 Å². The van der Waals surface area contributed by atoms with Crippen molar-refractivity contribution in [1.29, 1.82) is 0 Å². The summed E-state index contributed by atoms with van der Waals surface area (Å²) in [7, 11) is 1.92. The van der Waals surface area contributed by atoms with Gasteiger partial charge in [-0.3, -0.25) is 15.1 Å². The van der Waals surface area contributed by atoms with Crippen LogP contribution in [0.2, 0.25) is 0 Å². The zero-order chi connectivity index (χ0) is 19.9. The van der Waals surface area contributed by atoms with E-state index >= 15 is 0 Å². The fourth-order valence-electron chi connectivity index (χ4n) is 2.55. The Morgan fingerprint density at radius 1 is 1.29 bits per heavy atom. The molecular weight excluding hydrogens is 378 g/mol. The minimum Gasteiger partial charge on any atom is -0.361 e. The molecule has 1 aliphatic heterocycles. The van der Waals surface area contributed by atoms with Crippen LogP contribution in [-0.2, 0) is 6.54 Å². The van der Waals surface area contributed by atoms with Crippen LogP contribution in [0.1, 0.15) is 5.56 Å². The second kappa shape index (κ2) is 9.18. The average Bonchev–Trinajstić information content (AvgIpc) is 2.72. The van der Waals surface area contributed by atoms with Gasteiger partial charge in [0.15, 0.2) is 0 Å². The molecule has 0 bridgehead atoms. The van der Waals surface area contributed by atoms with Gasteiger partial charge in [-0.15, -0.1) is 11.8 Å². The first-order valence-corrected chi connectivity index (χ1v) is 9.82. The van der Waals surface area contributed by atoms with E-state index in [0.717, 1.165) is 16.2 Å². The maximum absolute atomic E-state index is 11.3. The summed E-state index contributed by atoms with van der Waals surface area (Å²) in [5, 5.41) is 17.4. The molecule has 1 aromatic carbocycles. The van der Waals surface area contributed by atoms with Crippen molar-refractivity contribution < 1.29 is 4.92 Å². The molecule has 1 aromatic heterocycles. The van der Waals surface area contributed by atoms with Gasteiger partial charge in [0.05, 0.1) is 17.2 Å². The predicted octanol–water partition coefficient (Wildman–Crippen LogP) is 2.99. The number of anilines is 2. The molecule has 0 atom stereocenters. The van der Waals surface area contributed by atoms with Crippen molar-refractivity contribution in [3.05, 3.63) is 58.4 Å². The van der Waals surface area contributed by atoms with E-state index in [9.17, 15) is 10.1 Å². The quantitative estimate of drug-likeness (QED) is 0.396. The van der Waals surface area contributed by atoms with Gasteiger partial charge in [0.1, 0.15) is 12.9 Å². The second-order valence-electron chi connectivity index (χ2n) is 6.07. The Labute approximate surface area is 167 Å². The van der Waals surface area contributed by atoms with Crippen LogP contribution in [0.5, 0.6) is 0 Å². The first-order chi connectivity index (χ1) is 13.6. The van der Waals surface area contributed by atoms with E-state index in [4.69, 9.17) is 0 Å². The molecule has 3 rings (SSSR count). The Morgan fingerprint density at radius 3 is 2.82 bits per heavy atom. The van der Waals surface area contributed by atoms with E-state index in [0.29, 0.717) is 25.7 Å². The molecule has 0 unspecified atom stereocenters. The van der Waals surface area contributed by atoms with Crippen molar-refractivity contribution in [1.82, 2.24) is 14.9 Å². The number of hydrogen-bond donors (Lipinski definition) is 2. The summed E-state index contributed by atoms with van der Waals surface area (Å²) in [6, 6.07) is 8.02. The molecule has 1 aliphatic rings. The lowest BCUT2D eigenvalue weighted by Gasteiger charge is -2.16. The van der Waals surface area contributed by atoms with Gasteiger partial charge in [-0.2, -0.15) is 4.98 Å². The molecular formula is C18H21N7O2S. The van der Waals surface area contributed by atoms with Crippen LogP contribution in [-0.4, -0.2) is 52.0 Å². The molecule has 0 fully saturated rings. The van der Waals surface area contributed by atoms with Gasteiger partial charge >= 0.3 is 5.69 Å². The third-order valence-corrected chi connectivity index (χ3v) is 4.89. The zero-order valence-electron chi connectivity index (χ0n) is 15.6. The van der Waals surface area contributed by atoms with Crippen LogP contribution in [0, 0.1) is 10.1 Å². The highest BCUT2D eigenvalue weighted by molar-refractivity contribution is 7.98. The summed E-state index contributed by atoms with van der Waals surface area (Å²) in [4.78, 5) is 26.6. The number of nitrogens with zero attached hydrogens (tertiary/aromatic N) is 5. The van der Waals surface area contributed by atoms with E-state index in [2.05, 4.69) is 25.6 Å². The first kappa shape index (κ1) is 19.6. The van der Waals surface area contributed by atoms with Crippen molar-refractivity contribution in [3.63, 3.8) is 0 Å². The molecule has 0 amide bonds. The Morgan fingerprint density at radius 2 is 2.11 bits per heavy atom. The first-order valence-electron chi connectivity index (χ1n) is 8.59. The van der Waals surface area contributed by atoms with Gasteiger partial charge in [0.25, 0.3) is 0 Å². The molecule has 0 saturated heterocycles. The minimum atomic E-state index is -0.499. The predicted molar refractivity (Wildman–Crippen MR) is 112 cm³/mol. The summed E-state index contributed by atoms with van der Waals surface area (Å²) in [5.41, 5.74) is 1.74. The number of hydrogen-bond acceptors (Lipinski definition) is 9. The number of nitrogens with one attached hydrogen (secondary N) is 2. The number of nitro groups is 1. The molecule has 10 heteroatoms. The van der Waals surface area contributed by atoms with Crippen molar-refractivity contribution in [3.8, 4) is 0 Å².